The second-order valence-electron chi connectivity index (χ2n) is 2.34. The number of aromatic nitrogens is 1. The summed E-state index contributed by atoms with van der Waals surface area (Å²) in [6, 6.07) is 4.43. The zero-order chi connectivity index (χ0) is 9.19. The molecule has 0 unspecified atom stereocenters. The fourth-order valence-electron chi connectivity index (χ4n) is 0.797. The van der Waals surface area contributed by atoms with Crippen molar-refractivity contribution in [3.63, 3.8) is 0 Å². The van der Waals surface area contributed by atoms with Crippen molar-refractivity contribution in [1.82, 2.24) is 0 Å². The van der Waals surface area contributed by atoms with Crippen molar-refractivity contribution in [3.05, 3.63) is 35.3 Å². The first-order valence-electron chi connectivity index (χ1n) is 3.21. The van der Waals surface area contributed by atoms with Crippen molar-refractivity contribution in [1.29, 1.82) is 0 Å². The Labute approximate surface area is 69.0 Å². The van der Waals surface area contributed by atoms with E-state index in [4.69, 9.17) is 9.79 Å². The molecule has 0 radical (unpaired) electrons. The lowest BCUT2D eigenvalue weighted by atomic mass is 10.4. The van der Waals surface area contributed by atoms with Gasteiger partial charge in [0, 0.05) is 12.1 Å². The van der Waals surface area contributed by atoms with E-state index in [2.05, 4.69) is 0 Å². The number of hydrogen-bond donors (Lipinski definition) is 2. The Balaban J connectivity index is 2.90. The van der Waals surface area contributed by atoms with Crippen molar-refractivity contribution in [2.75, 3.05) is 0 Å². The van der Waals surface area contributed by atoms with Gasteiger partial charge >= 0.3 is 7.60 Å². The van der Waals surface area contributed by atoms with Crippen LogP contribution in [-0.4, -0.2) is 9.79 Å². The summed E-state index contributed by atoms with van der Waals surface area (Å²) in [6.45, 7) is 0. The fraction of sp³-hybridized carbons (Fsp3) is 0.167. The maximum absolute atomic E-state index is 10.9. The molecule has 0 atom stereocenters. The molecule has 1 heterocycles. The second-order valence-corrected chi connectivity index (χ2v) is 3.99. The van der Waals surface area contributed by atoms with Crippen LogP contribution in [-0.2, 0) is 10.7 Å². The summed E-state index contributed by atoms with van der Waals surface area (Å²) in [5.41, 5.74) is 0.0748. The van der Waals surface area contributed by atoms with E-state index in [0.717, 1.165) is 0 Å². The van der Waals surface area contributed by atoms with Crippen LogP contribution in [0.15, 0.2) is 24.4 Å². The zero-order valence-corrected chi connectivity index (χ0v) is 7.02. The molecule has 0 aromatic carbocycles. The van der Waals surface area contributed by atoms with E-state index in [9.17, 15) is 9.77 Å². The Morgan fingerprint density at radius 3 is 2.67 bits per heavy atom. The molecule has 0 saturated heterocycles. The average Bonchev–Trinajstić information content (AvgIpc) is 1.91. The van der Waals surface area contributed by atoms with Crippen LogP contribution in [0.4, 0.5) is 0 Å². The van der Waals surface area contributed by atoms with E-state index in [-0.39, 0.29) is 5.69 Å². The van der Waals surface area contributed by atoms with Crippen molar-refractivity contribution in [3.8, 4) is 0 Å². The molecule has 6 heteroatoms. The maximum Gasteiger partial charge on any atom is 0.336 e. The first kappa shape index (κ1) is 9.19. The van der Waals surface area contributed by atoms with E-state index in [1.54, 1.807) is 6.07 Å². The predicted octanol–water partition coefficient (Wildman–Crippen LogP) is -0.00230. The molecule has 0 saturated carbocycles. The SMILES string of the molecule is O=P(O)(O)Cc1cccc[n+]1[O-]. The summed E-state index contributed by atoms with van der Waals surface area (Å²) in [5, 5.41) is 10.9. The standard InChI is InChI=1S/C6H8NO4P/c8-7-4-2-1-3-6(7)5-12(9,10)11/h1-4H,5H2,(H2,9,10,11). The third-order valence-electron chi connectivity index (χ3n) is 1.27. The van der Waals surface area contributed by atoms with Gasteiger partial charge in [-0.15, -0.1) is 0 Å². The molecule has 5 nitrogen and oxygen atoms in total. The van der Waals surface area contributed by atoms with Crippen LogP contribution >= 0.6 is 7.60 Å². The van der Waals surface area contributed by atoms with Gasteiger partial charge in [-0.3, -0.25) is 4.57 Å². The number of pyridine rings is 1. The molecule has 2 N–H and O–H groups in total. The van der Waals surface area contributed by atoms with Gasteiger partial charge in [0.1, 0.15) is 6.16 Å². The van der Waals surface area contributed by atoms with Crippen molar-refractivity contribution < 1.29 is 19.1 Å². The minimum Gasteiger partial charge on any atom is -0.618 e. The van der Waals surface area contributed by atoms with Crippen LogP contribution in [0.2, 0.25) is 0 Å². The summed E-state index contributed by atoms with van der Waals surface area (Å²) >= 11 is 0. The quantitative estimate of drug-likeness (QED) is 0.389. The van der Waals surface area contributed by atoms with Crippen molar-refractivity contribution in [2.45, 2.75) is 6.16 Å². The summed E-state index contributed by atoms with van der Waals surface area (Å²) in [7, 11) is -4.14. The van der Waals surface area contributed by atoms with Gasteiger partial charge in [-0.1, -0.05) is 0 Å². The highest BCUT2D eigenvalue weighted by Gasteiger charge is 2.19. The minimum atomic E-state index is -4.14. The lowest BCUT2D eigenvalue weighted by molar-refractivity contribution is -0.613. The van der Waals surface area contributed by atoms with Crippen LogP contribution in [0.25, 0.3) is 0 Å². The highest BCUT2D eigenvalue weighted by atomic mass is 31.2. The normalized spacial score (nSPS) is 11.5. The van der Waals surface area contributed by atoms with Gasteiger partial charge in [-0.05, 0) is 6.07 Å². The minimum absolute atomic E-state index is 0.0748. The molecule has 0 fully saturated rings. The number of hydrogen-bond acceptors (Lipinski definition) is 2. The van der Waals surface area contributed by atoms with Crippen molar-refractivity contribution >= 4 is 7.60 Å². The summed E-state index contributed by atoms with van der Waals surface area (Å²) in [4.78, 5) is 17.1. The van der Waals surface area contributed by atoms with Crippen LogP contribution in [0.5, 0.6) is 0 Å². The topological polar surface area (TPSA) is 84.5 Å². The summed E-state index contributed by atoms with van der Waals surface area (Å²) < 4.78 is 10.9. The van der Waals surface area contributed by atoms with Gasteiger partial charge in [-0.25, -0.2) is 0 Å². The lowest BCUT2D eigenvalue weighted by Gasteiger charge is -2.04. The highest BCUT2D eigenvalue weighted by molar-refractivity contribution is 7.50. The Morgan fingerprint density at radius 2 is 2.17 bits per heavy atom. The maximum atomic E-state index is 10.9. The first-order chi connectivity index (χ1) is 5.49. The molecule has 0 aliphatic rings. The van der Waals surface area contributed by atoms with E-state index >= 15 is 0 Å². The van der Waals surface area contributed by atoms with Gasteiger partial charge in [0.15, 0.2) is 6.20 Å². The Morgan fingerprint density at radius 1 is 1.50 bits per heavy atom. The molecule has 0 aliphatic heterocycles. The smallest absolute Gasteiger partial charge is 0.336 e. The number of nitrogens with zero attached hydrogens (tertiary/aromatic N) is 1. The lowest BCUT2D eigenvalue weighted by Crippen LogP contribution is -2.30. The van der Waals surface area contributed by atoms with Crippen LogP contribution in [0, 0.1) is 5.21 Å². The van der Waals surface area contributed by atoms with E-state index in [0.29, 0.717) is 4.73 Å². The van der Waals surface area contributed by atoms with Gasteiger partial charge < -0.3 is 15.0 Å². The molecule has 0 amide bonds. The predicted molar refractivity (Wildman–Crippen MR) is 41.2 cm³/mol. The van der Waals surface area contributed by atoms with E-state index in [1.807, 2.05) is 0 Å². The van der Waals surface area contributed by atoms with E-state index in [1.165, 1.54) is 18.3 Å². The largest absolute Gasteiger partial charge is 0.618 e. The van der Waals surface area contributed by atoms with Gasteiger partial charge in [0.25, 0.3) is 0 Å². The van der Waals surface area contributed by atoms with Gasteiger partial charge in [-0.2, -0.15) is 4.73 Å². The third kappa shape index (κ3) is 2.62. The van der Waals surface area contributed by atoms with Crippen molar-refractivity contribution in [2.24, 2.45) is 0 Å². The van der Waals surface area contributed by atoms with Crippen LogP contribution in [0.1, 0.15) is 5.69 Å². The molecule has 0 aliphatic carbocycles. The van der Waals surface area contributed by atoms with Crippen LogP contribution < -0.4 is 4.73 Å². The molecule has 0 spiro atoms. The third-order valence-corrected chi connectivity index (χ3v) is 2.01. The summed E-state index contributed by atoms with van der Waals surface area (Å²) in [5.74, 6) is 0. The number of rotatable bonds is 2. The molecule has 0 bridgehead atoms. The molecular weight excluding hydrogens is 181 g/mol. The first-order valence-corrected chi connectivity index (χ1v) is 5.00. The molecule has 1 rings (SSSR count). The van der Waals surface area contributed by atoms with E-state index < -0.39 is 13.8 Å². The average molecular weight is 189 g/mol. The monoisotopic (exact) mass is 189 g/mol. The zero-order valence-electron chi connectivity index (χ0n) is 6.12. The Bertz CT molecular complexity index is 321. The fourth-order valence-corrected chi connectivity index (χ4v) is 1.46. The highest BCUT2D eigenvalue weighted by Crippen LogP contribution is 2.37. The molecule has 1 aromatic rings. The molecular formula is C6H8NO4P. The Kier molecular flexibility index (Phi) is 2.47. The van der Waals surface area contributed by atoms with Gasteiger partial charge in [0.05, 0.1) is 0 Å². The van der Waals surface area contributed by atoms with Crippen LogP contribution in [0.3, 0.4) is 0 Å². The van der Waals surface area contributed by atoms with Gasteiger partial charge in [0.2, 0.25) is 5.69 Å². The molecule has 1 aromatic heterocycles. The molecule has 12 heavy (non-hydrogen) atoms. The Hall–Kier alpha value is -0.900. The molecule has 66 valence electrons. The second kappa shape index (κ2) is 3.23. The summed E-state index contributed by atoms with van der Waals surface area (Å²) in [6.07, 6.45) is 0.683.